The van der Waals surface area contributed by atoms with E-state index in [-0.39, 0.29) is 0 Å². The molecule has 17 heavy (non-hydrogen) atoms. The zero-order chi connectivity index (χ0) is 12.1. The quantitative estimate of drug-likeness (QED) is 0.814. The summed E-state index contributed by atoms with van der Waals surface area (Å²) < 4.78 is 0. The van der Waals surface area contributed by atoms with Crippen LogP contribution in [0.5, 0.6) is 0 Å². The summed E-state index contributed by atoms with van der Waals surface area (Å²) >= 11 is 0. The summed E-state index contributed by atoms with van der Waals surface area (Å²) in [4.78, 5) is 0. The van der Waals surface area contributed by atoms with Crippen molar-refractivity contribution >= 4 is 0 Å². The van der Waals surface area contributed by atoms with E-state index in [0.29, 0.717) is 6.04 Å². The molecule has 94 valence electrons. The van der Waals surface area contributed by atoms with Gasteiger partial charge in [0.2, 0.25) is 0 Å². The molecule has 1 fully saturated rings. The first-order chi connectivity index (χ1) is 8.29. The van der Waals surface area contributed by atoms with Gasteiger partial charge in [-0.05, 0) is 44.2 Å². The molecule has 1 aliphatic carbocycles. The second-order valence-electron chi connectivity index (χ2n) is 5.40. The van der Waals surface area contributed by atoms with Gasteiger partial charge in [0.05, 0.1) is 0 Å². The summed E-state index contributed by atoms with van der Waals surface area (Å²) in [5.74, 6) is 0.899. The molecule has 0 radical (unpaired) electrons. The number of hydrogen-bond acceptors (Lipinski definition) is 1. The van der Waals surface area contributed by atoms with Crippen LogP contribution < -0.4 is 5.32 Å². The van der Waals surface area contributed by atoms with Crippen molar-refractivity contribution in [3.05, 3.63) is 35.4 Å². The second-order valence-corrected chi connectivity index (χ2v) is 5.40. The summed E-state index contributed by atoms with van der Waals surface area (Å²) in [7, 11) is 0. The summed E-state index contributed by atoms with van der Waals surface area (Å²) in [5, 5.41) is 3.69. The molecule has 1 saturated carbocycles. The van der Waals surface area contributed by atoms with Gasteiger partial charge in [0.1, 0.15) is 0 Å². The average molecular weight is 231 g/mol. The minimum atomic E-state index is 0.685. The van der Waals surface area contributed by atoms with Gasteiger partial charge in [-0.1, -0.05) is 49.6 Å². The molecule has 1 aliphatic rings. The monoisotopic (exact) mass is 231 g/mol. The Morgan fingerprint density at radius 2 is 2.06 bits per heavy atom. The van der Waals surface area contributed by atoms with Gasteiger partial charge in [-0.15, -0.1) is 0 Å². The van der Waals surface area contributed by atoms with Crippen molar-refractivity contribution in [2.45, 2.75) is 52.0 Å². The van der Waals surface area contributed by atoms with Crippen molar-refractivity contribution in [1.82, 2.24) is 5.32 Å². The van der Waals surface area contributed by atoms with Crippen molar-refractivity contribution in [3.8, 4) is 0 Å². The Morgan fingerprint density at radius 1 is 1.29 bits per heavy atom. The van der Waals surface area contributed by atoms with E-state index in [2.05, 4.69) is 43.4 Å². The maximum atomic E-state index is 3.69. The zero-order valence-corrected chi connectivity index (χ0v) is 11.2. The molecular formula is C16H25N. The molecule has 0 amide bonds. The van der Waals surface area contributed by atoms with Gasteiger partial charge in [-0.25, -0.2) is 0 Å². The highest BCUT2D eigenvalue weighted by atomic mass is 14.9. The van der Waals surface area contributed by atoms with Gasteiger partial charge in [-0.2, -0.15) is 0 Å². The van der Waals surface area contributed by atoms with Crippen LogP contribution >= 0.6 is 0 Å². The third-order valence-corrected chi connectivity index (χ3v) is 3.97. The number of nitrogens with one attached hydrogen (secondary N) is 1. The molecule has 0 aromatic heterocycles. The maximum absolute atomic E-state index is 3.69. The van der Waals surface area contributed by atoms with Gasteiger partial charge < -0.3 is 5.32 Å². The number of rotatable bonds is 5. The third-order valence-electron chi connectivity index (χ3n) is 3.97. The fourth-order valence-corrected chi connectivity index (χ4v) is 3.12. The van der Waals surface area contributed by atoms with Crippen LogP contribution in [0.1, 0.15) is 43.7 Å². The molecule has 1 atom stereocenters. The summed E-state index contributed by atoms with van der Waals surface area (Å²) in [6, 6.07) is 9.65. The highest BCUT2D eigenvalue weighted by molar-refractivity contribution is 5.23. The topological polar surface area (TPSA) is 12.0 Å². The molecule has 1 aromatic carbocycles. The Bertz CT molecular complexity index is 339. The van der Waals surface area contributed by atoms with Crippen LogP contribution in [0.15, 0.2) is 24.3 Å². The van der Waals surface area contributed by atoms with Crippen molar-refractivity contribution in [1.29, 1.82) is 0 Å². The number of likely N-dealkylation sites (N-methyl/N-ethyl adjacent to an activating group) is 1. The van der Waals surface area contributed by atoms with Gasteiger partial charge >= 0.3 is 0 Å². The van der Waals surface area contributed by atoms with Crippen molar-refractivity contribution in [2.24, 2.45) is 5.92 Å². The molecule has 1 nitrogen and oxygen atoms in total. The van der Waals surface area contributed by atoms with E-state index in [4.69, 9.17) is 0 Å². The van der Waals surface area contributed by atoms with E-state index >= 15 is 0 Å². The summed E-state index contributed by atoms with van der Waals surface area (Å²) in [5.41, 5.74) is 2.87. The third kappa shape index (κ3) is 3.57. The molecule has 1 N–H and O–H groups in total. The Morgan fingerprint density at radius 3 is 2.71 bits per heavy atom. The van der Waals surface area contributed by atoms with E-state index in [1.54, 1.807) is 0 Å². The Labute approximate surface area is 106 Å². The maximum Gasteiger partial charge on any atom is 0.0136 e. The molecule has 1 aromatic rings. The fourth-order valence-electron chi connectivity index (χ4n) is 3.12. The SMILES string of the molecule is CCNC(Cc1cccc(C)c1)C1CCCC1. The molecule has 1 heteroatoms. The lowest BCUT2D eigenvalue weighted by Gasteiger charge is -2.24. The first-order valence-electron chi connectivity index (χ1n) is 7.08. The minimum absolute atomic E-state index is 0.685. The lowest BCUT2D eigenvalue weighted by Crippen LogP contribution is -2.36. The minimum Gasteiger partial charge on any atom is -0.314 e. The van der Waals surface area contributed by atoms with Gasteiger partial charge in [-0.3, -0.25) is 0 Å². The Balaban J connectivity index is 2.01. The number of aryl methyl sites for hydroxylation is 1. The molecule has 0 bridgehead atoms. The fraction of sp³-hybridized carbons (Fsp3) is 0.625. The van der Waals surface area contributed by atoms with E-state index in [1.807, 2.05) is 0 Å². The van der Waals surface area contributed by atoms with Crippen LogP contribution in [0.25, 0.3) is 0 Å². The normalized spacial score (nSPS) is 18.5. The van der Waals surface area contributed by atoms with Crippen molar-refractivity contribution in [2.75, 3.05) is 6.54 Å². The second kappa shape index (κ2) is 6.20. The first-order valence-corrected chi connectivity index (χ1v) is 7.08. The lowest BCUT2D eigenvalue weighted by molar-refractivity contribution is 0.362. The molecular weight excluding hydrogens is 206 g/mol. The van der Waals surface area contributed by atoms with Crippen molar-refractivity contribution < 1.29 is 0 Å². The molecule has 0 saturated heterocycles. The smallest absolute Gasteiger partial charge is 0.0136 e. The van der Waals surface area contributed by atoms with E-state index in [9.17, 15) is 0 Å². The average Bonchev–Trinajstić information content (AvgIpc) is 2.82. The molecule has 0 aliphatic heterocycles. The largest absolute Gasteiger partial charge is 0.314 e. The lowest BCUT2D eigenvalue weighted by atomic mass is 9.91. The standard InChI is InChI=1S/C16H25N/c1-3-17-16(15-9-4-5-10-15)12-14-8-6-7-13(2)11-14/h6-8,11,15-17H,3-5,9-10,12H2,1-2H3. The summed E-state index contributed by atoms with van der Waals surface area (Å²) in [6.45, 7) is 5.49. The molecule has 2 rings (SSSR count). The van der Waals surface area contributed by atoms with Crippen LogP contribution in [-0.2, 0) is 6.42 Å². The van der Waals surface area contributed by atoms with E-state index < -0.39 is 0 Å². The highest BCUT2D eigenvalue weighted by Crippen LogP contribution is 2.29. The van der Waals surface area contributed by atoms with Crippen molar-refractivity contribution in [3.63, 3.8) is 0 Å². The van der Waals surface area contributed by atoms with Crippen LogP contribution in [0.3, 0.4) is 0 Å². The Kier molecular flexibility index (Phi) is 4.61. The van der Waals surface area contributed by atoms with E-state index in [1.165, 1.54) is 43.2 Å². The predicted molar refractivity (Wildman–Crippen MR) is 74.3 cm³/mol. The molecule has 1 unspecified atom stereocenters. The predicted octanol–water partition coefficient (Wildman–Crippen LogP) is 3.71. The van der Waals surface area contributed by atoms with Gasteiger partial charge in [0, 0.05) is 6.04 Å². The molecule has 0 spiro atoms. The number of hydrogen-bond donors (Lipinski definition) is 1. The van der Waals surface area contributed by atoms with Gasteiger partial charge in [0.15, 0.2) is 0 Å². The van der Waals surface area contributed by atoms with Crippen LogP contribution in [-0.4, -0.2) is 12.6 Å². The van der Waals surface area contributed by atoms with Crippen LogP contribution in [0.4, 0.5) is 0 Å². The highest BCUT2D eigenvalue weighted by Gasteiger charge is 2.24. The van der Waals surface area contributed by atoms with Crippen LogP contribution in [0.2, 0.25) is 0 Å². The van der Waals surface area contributed by atoms with Crippen LogP contribution in [0, 0.1) is 12.8 Å². The zero-order valence-electron chi connectivity index (χ0n) is 11.2. The summed E-state index contributed by atoms with van der Waals surface area (Å²) in [6.07, 6.45) is 6.90. The Hall–Kier alpha value is -0.820. The molecule has 0 heterocycles. The van der Waals surface area contributed by atoms with Gasteiger partial charge in [0.25, 0.3) is 0 Å². The van der Waals surface area contributed by atoms with E-state index in [0.717, 1.165) is 12.5 Å². The number of benzene rings is 1. The first kappa shape index (κ1) is 12.6.